The highest BCUT2D eigenvalue weighted by Gasteiger charge is 2.29. The quantitative estimate of drug-likeness (QED) is 0.711. The molecule has 1 aromatic carbocycles. The molecule has 0 saturated heterocycles. The summed E-state index contributed by atoms with van der Waals surface area (Å²) in [6, 6.07) is 6.39. The highest BCUT2D eigenvalue weighted by atomic mass is 16.1. The van der Waals surface area contributed by atoms with Gasteiger partial charge in [-0.3, -0.25) is 4.79 Å². The smallest absolute Gasteiger partial charge is 0.166 e. The fourth-order valence-corrected chi connectivity index (χ4v) is 2.43. The van der Waals surface area contributed by atoms with E-state index in [0.717, 1.165) is 18.4 Å². The Morgan fingerprint density at radius 1 is 1.41 bits per heavy atom. The summed E-state index contributed by atoms with van der Waals surface area (Å²) in [6.07, 6.45) is 5.91. The minimum absolute atomic E-state index is 0.170. The Morgan fingerprint density at radius 2 is 2.18 bits per heavy atom. The molecule has 90 valence electrons. The molecule has 1 heteroatoms. The van der Waals surface area contributed by atoms with E-state index in [-0.39, 0.29) is 5.92 Å². The summed E-state index contributed by atoms with van der Waals surface area (Å²) in [6.45, 7) is 6.33. The Kier molecular flexibility index (Phi) is 3.46. The van der Waals surface area contributed by atoms with Gasteiger partial charge in [0.15, 0.2) is 5.78 Å². The second-order valence-corrected chi connectivity index (χ2v) is 5.14. The van der Waals surface area contributed by atoms with Crippen molar-refractivity contribution in [3.8, 4) is 0 Å². The van der Waals surface area contributed by atoms with E-state index in [9.17, 15) is 4.79 Å². The number of hydrogen-bond donors (Lipinski definition) is 0. The van der Waals surface area contributed by atoms with E-state index < -0.39 is 0 Å². The molecule has 1 nitrogen and oxygen atoms in total. The molecule has 0 radical (unpaired) electrons. The molecule has 0 aromatic heterocycles. The molecule has 1 aliphatic carbocycles. The third-order valence-electron chi connectivity index (χ3n) is 3.56. The van der Waals surface area contributed by atoms with Gasteiger partial charge in [-0.05, 0) is 42.9 Å². The van der Waals surface area contributed by atoms with Gasteiger partial charge in [-0.1, -0.05) is 38.1 Å². The minimum atomic E-state index is 0.170. The van der Waals surface area contributed by atoms with Gasteiger partial charge in [0.1, 0.15) is 0 Å². The van der Waals surface area contributed by atoms with Crippen LogP contribution in [0, 0.1) is 5.92 Å². The number of rotatable bonds is 3. The molecule has 0 N–H and O–H groups in total. The summed E-state index contributed by atoms with van der Waals surface area (Å²) in [7, 11) is 0. The lowest BCUT2D eigenvalue weighted by Crippen LogP contribution is -2.07. The van der Waals surface area contributed by atoms with E-state index in [0.29, 0.717) is 11.7 Å². The maximum absolute atomic E-state index is 12.2. The lowest BCUT2D eigenvalue weighted by atomic mass is 9.98. The van der Waals surface area contributed by atoms with Crippen molar-refractivity contribution in [2.45, 2.75) is 39.5 Å². The lowest BCUT2D eigenvalue weighted by Gasteiger charge is -2.06. The summed E-state index contributed by atoms with van der Waals surface area (Å²) in [5.74, 6) is 0.992. The second kappa shape index (κ2) is 4.87. The van der Waals surface area contributed by atoms with Crippen LogP contribution < -0.4 is 0 Å². The molecule has 17 heavy (non-hydrogen) atoms. The molecule has 0 heterocycles. The maximum atomic E-state index is 12.2. The Hall–Kier alpha value is -1.37. The average Bonchev–Trinajstić information content (AvgIpc) is 2.63. The van der Waals surface area contributed by atoms with E-state index in [1.807, 2.05) is 13.0 Å². The average molecular weight is 228 g/mol. The topological polar surface area (TPSA) is 17.1 Å². The largest absolute Gasteiger partial charge is 0.294 e. The standard InChI is InChI=1S/C16H20O/c1-4-5-6-14-9-13-8-7-12(11(2)3)10-15(13)16(14)17/h4-5,7-8,10-11,14H,6,9H2,1-3H3. The lowest BCUT2D eigenvalue weighted by molar-refractivity contribution is 0.0938. The van der Waals surface area contributed by atoms with E-state index in [4.69, 9.17) is 0 Å². The SMILES string of the molecule is CC=CCC1Cc2ccc(C(C)C)cc2C1=O. The molecule has 0 aliphatic heterocycles. The van der Waals surface area contributed by atoms with Crippen LogP contribution in [0.1, 0.15) is 54.6 Å². The summed E-state index contributed by atoms with van der Waals surface area (Å²) < 4.78 is 0. The van der Waals surface area contributed by atoms with Crippen molar-refractivity contribution in [1.82, 2.24) is 0 Å². The van der Waals surface area contributed by atoms with Gasteiger partial charge in [0, 0.05) is 11.5 Å². The zero-order valence-electron chi connectivity index (χ0n) is 10.9. The molecule has 2 rings (SSSR count). The molecular formula is C16H20O. The van der Waals surface area contributed by atoms with Crippen molar-refractivity contribution in [2.75, 3.05) is 0 Å². The number of carbonyl (C=O) groups is 1. The molecular weight excluding hydrogens is 208 g/mol. The van der Waals surface area contributed by atoms with E-state index in [2.05, 4.69) is 38.1 Å². The van der Waals surface area contributed by atoms with Gasteiger partial charge in [0.05, 0.1) is 0 Å². The molecule has 1 aliphatic rings. The van der Waals surface area contributed by atoms with Crippen molar-refractivity contribution >= 4 is 5.78 Å². The van der Waals surface area contributed by atoms with Crippen molar-refractivity contribution in [3.05, 3.63) is 47.0 Å². The first-order valence-corrected chi connectivity index (χ1v) is 6.41. The normalized spacial score (nSPS) is 19.3. The fourth-order valence-electron chi connectivity index (χ4n) is 2.43. The number of carbonyl (C=O) groups excluding carboxylic acids is 1. The third-order valence-corrected chi connectivity index (χ3v) is 3.56. The maximum Gasteiger partial charge on any atom is 0.166 e. The van der Waals surface area contributed by atoms with Crippen LogP contribution >= 0.6 is 0 Å². The molecule has 0 saturated carbocycles. The highest BCUT2D eigenvalue weighted by Crippen LogP contribution is 2.31. The summed E-state index contributed by atoms with van der Waals surface area (Å²) in [5.41, 5.74) is 3.46. The first kappa shape index (κ1) is 12.1. The molecule has 0 fully saturated rings. The van der Waals surface area contributed by atoms with Gasteiger partial charge < -0.3 is 0 Å². The van der Waals surface area contributed by atoms with Gasteiger partial charge in [-0.15, -0.1) is 0 Å². The number of hydrogen-bond acceptors (Lipinski definition) is 1. The molecule has 1 unspecified atom stereocenters. The zero-order chi connectivity index (χ0) is 12.4. The minimum Gasteiger partial charge on any atom is -0.294 e. The molecule has 0 amide bonds. The Balaban J connectivity index is 2.26. The van der Waals surface area contributed by atoms with Crippen LogP contribution in [0.2, 0.25) is 0 Å². The second-order valence-electron chi connectivity index (χ2n) is 5.14. The van der Waals surface area contributed by atoms with Crippen LogP contribution in [0.15, 0.2) is 30.4 Å². The number of benzene rings is 1. The van der Waals surface area contributed by atoms with Crippen molar-refractivity contribution in [1.29, 1.82) is 0 Å². The van der Waals surface area contributed by atoms with Crippen LogP contribution in [0.5, 0.6) is 0 Å². The van der Waals surface area contributed by atoms with Gasteiger partial charge in [0.2, 0.25) is 0 Å². The predicted octanol–water partition coefficient (Wildman–Crippen LogP) is 4.13. The fraction of sp³-hybridized carbons (Fsp3) is 0.438. The van der Waals surface area contributed by atoms with E-state index >= 15 is 0 Å². The number of Topliss-reactive ketones (excluding diaryl/α,β-unsaturated/α-hetero) is 1. The highest BCUT2D eigenvalue weighted by molar-refractivity contribution is 6.02. The van der Waals surface area contributed by atoms with Crippen LogP contribution in [-0.2, 0) is 6.42 Å². The monoisotopic (exact) mass is 228 g/mol. The summed E-state index contributed by atoms with van der Waals surface area (Å²) in [5, 5.41) is 0. The number of ketones is 1. The van der Waals surface area contributed by atoms with Crippen molar-refractivity contribution in [2.24, 2.45) is 5.92 Å². The van der Waals surface area contributed by atoms with Crippen LogP contribution in [-0.4, -0.2) is 5.78 Å². The summed E-state index contributed by atoms with van der Waals surface area (Å²) in [4.78, 5) is 12.2. The van der Waals surface area contributed by atoms with Crippen LogP contribution in [0.3, 0.4) is 0 Å². The van der Waals surface area contributed by atoms with Crippen LogP contribution in [0.4, 0.5) is 0 Å². The molecule has 0 bridgehead atoms. The Morgan fingerprint density at radius 3 is 2.82 bits per heavy atom. The third kappa shape index (κ3) is 2.33. The Bertz CT molecular complexity index is 455. The number of fused-ring (bicyclic) bond motifs is 1. The Labute approximate surface area is 104 Å². The first-order chi connectivity index (χ1) is 8.13. The van der Waals surface area contributed by atoms with Gasteiger partial charge in [-0.25, -0.2) is 0 Å². The van der Waals surface area contributed by atoms with Gasteiger partial charge in [-0.2, -0.15) is 0 Å². The molecule has 1 atom stereocenters. The predicted molar refractivity (Wildman–Crippen MR) is 71.5 cm³/mol. The van der Waals surface area contributed by atoms with E-state index in [1.54, 1.807) is 0 Å². The molecule has 0 spiro atoms. The van der Waals surface area contributed by atoms with Crippen molar-refractivity contribution in [3.63, 3.8) is 0 Å². The molecule has 1 aromatic rings. The van der Waals surface area contributed by atoms with Crippen molar-refractivity contribution < 1.29 is 4.79 Å². The summed E-state index contributed by atoms with van der Waals surface area (Å²) >= 11 is 0. The van der Waals surface area contributed by atoms with Crippen LogP contribution in [0.25, 0.3) is 0 Å². The van der Waals surface area contributed by atoms with E-state index in [1.165, 1.54) is 11.1 Å². The zero-order valence-corrected chi connectivity index (χ0v) is 10.9. The van der Waals surface area contributed by atoms with Gasteiger partial charge in [0.25, 0.3) is 0 Å². The number of allylic oxidation sites excluding steroid dienone is 2. The first-order valence-electron chi connectivity index (χ1n) is 6.41. The van der Waals surface area contributed by atoms with Gasteiger partial charge >= 0.3 is 0 Å².